The number of hydroxylamine groups is 1. The van der Waals surface area contributed by atoms with Crippen LogP contribution in [-0.2, 0) is 16.6 Å². The number of aliphatic hydroxyl groups is 1. The number of hydrogen-bond donors (Lipinski definition) is 5. The minimum absolute atomic E-state index is 0.00385. The van der Waals surface area contributed by atoms with E-state index in [0.717, 1.165) is 89.7 Å². The molecule has 0 bridgehead atoms. The molecule has 18 nitrogen and oxygen atoms in total. The Labute approximate surface area is 450 Å². The number of rotatable bonds is 17. The SMILES string of the molecule is COc1cc(CN2CCN(C3CC4(CCN(c5ccc(C(=O)NS(=O)(=O)c6cnc(NC[C@H]7CC[C@](C)(O)CC7)c([NH+](C)[O-])c6)c(Oc6cc7c(F)c[nH]c7nc6OC)c5)CC4)C3)[C@H](c3ccccc3C(C)C)C2)ccn1. The van der Waals surface area contributed by atoms with Gasteiger partial charge in [0, 0.05) is 100 Å². The molecule has 4 aromatic heterocycles. The Hall–Kier alpha value is -6.42. The van der Waals surface area contributed by atoms with Gasteiger partial charge in [0.2, 0.25) is 5.88 Å². The first-order chi connectivity index (χ1) is 36.9. The number of carbonyl (C=O) groups excluding carboxylic acids is 1. The lowest BCUT2D eigenvalue weighted by Gasteiger charge is -2.58. The predicted octanol–water partition coefficient (Wildman–Crippen LogP) is 7.85. The van der Waals surface area contributed by atoms with Gasteiger partial charge in [0.1, 0.15) is 22.1 Å². The summed E-state index contributed by atoms with van der Waals surface area (Å²) >= 11 is 0. The summed E-state index contributed by atoms with van der Waals surface area (Å²) < 4.78 is 62.5. The summed E-state index contributed by atoms with van der Waals surface area (Å²) in [5.74, 6) is -0.0640. The summed E-state index contributed by atoms with van der Waals surface area (Å²) in [6.45, 7) is 12.0. The smallest absolute Gasteiger partial charge is 0.268 e. The standard InChI is InChI=1S/C57H71FN10O8S/c1-36(2)42-9-7-8-10-43(42)48-35-66(34-38-15-20-59-51(25-38)74-5)23-24-68(48)40-29-57(30-40)18-21-67(22-19-57)39-11-12-44(49(26-39)76-50-28-45-46(58)33-62-52(45)63-55(50)75-6)54(69)64-77(72,73)41-27-47(65(4)71)53(61-32-41)60-31-37-13-16-56(3,70)17-14-37/h7-12,15,20,25-28,32-33,36-37,40,48,65,70H,13-14,16-19,21-24,29-31,34-35H2,1-6H3,(H,60,61)(H,62,63)(H,64,69)/t37-,48-,56-/m0/s1. The molecule has 10 rings (SSSR count). The van der Waals surface area contributed by atoms with Crippen molar-refractivity contribution >= 4 is 44.2 Å². The van der Waals surface area contributed by atoms with Crippen LogP contribution < -0.4 is 34.2 Å². The van der Waals surface area contributed by atoms with Gasteiger partial charge in [-0.3, -0.25) is 14.6 Å². The molecule has 5 N–H and O–H groups in total. The van der Waals surface area contributed by atoms with E-state index in [1.807, 2.05) is 19.2 Å². The Morgan fingerprint density at radius 2 is 1.74 bits per heavy atom. The first kappa shape index (κ1) is 54.0. The summed E-state index contributed by atoms with van der Waals surface area (Å²) in [4.78, 5) is 37.3. The molecule has 6 heterocycles. The second kappa shape index (κ2) is 22.1. The molecule has 2 atom stereocenters. The van der Waals surface area contributed by atoms with Crippen LogP contribution in [0, 0.1) is 22.4 Å². The molecule has 6 aromatic rings. The number of amides is 1. The number of halogens is 1. The molecule has 77 heavy (non-hydrogen) atoms. The number of piperazine rings is 1. The number of quaternary nitrogens is 1. The van der Waals surface area contributed by atoms with E-state index in [2.05, 4.69) is 88.9 Å². The Balaban J connectivity index is 0.857. The third-order valence-corrected chi connectivity index (χ3v) is 17.9. The van der Waals surface area contributed by atoms with Gasteiger partial charge in [0.15, 0.2) is 17.3 Å². The Bertz CT molecular complexity index is 3200. The van der Waals surface area contributed by atoms with E-state index in [1.165, 1.54) is 55.2 Å². The fourth-order valence-corrected chi connectivity index (χ4v) is 13.0. The van der Waals surface area contributed by atoms with Crippen LogP contribution in [0.3, 0.4) is 0 Å². The fraction of sp³-hybridized carbons (Fsp3) is 0.474. The number of pyridine rings is 3. The van der Waals surface area contributed by atoms with Crippen molar-refractivity contribution in [3.05, 3.63) is 119 Å². The van der Waals surface area contributed by atoms with Crippen LogP contribution in [0.5, 0.6) is 23.3 Å². The van der Waals surface area contributed by atoms with Crippen LogP contribution in [0.1, 0.15) is 111 Å². The van der Waals surface area contributed by atoms with Gasteiger partial charge in [-0.1, -0.05) is 38.1 Å². The number of fused-ring (bicyclic) bond motifs is 1. The third-order valence-electron chi connectivity index (χ3n) is 16.6. The Morgan fingerprint density at radius 1 is 0.974 bits per heavy atom. The van der Waals surface area contributed by atoms with Crippen molar-refractivity contribution in [3.8, 4) is 23.3 Å². The topological polar surface area (TPSA) is 215 Å². The van der Waals surface area contributed by atoms with E-state index in [4.69, 9.17) is 14.2 Å². The van der Waals surface area contributed by atoms with Gasteiger partial charge < -0.3 is 44.8 Å². The number of piperidine rings is 1. The predicted molar refractivity (Wildman–Crippen MR) is 292 cm³/mol. The van der Waals surface area contributed by atoms with E-state index in [9.17, 15) is 27.9 Å². The van der Waals surface area contributed by atoms with Crippen molar-refractivity contribution in [1.82, 2.24) is 34.5 Å². The normalized spacial score (nSPS) is 21.7. The number of benzene rings is 2. The molecular formula is C57H71FN10O8S. The molecule has 2 saturated carbocycles. The number of aromatic nitrogens is 4. The maximum Gasteiger partial charge on any atom is 0.268 e. The number of carbonyl (C=O) groups is 1. The summed E-state index contributed by atoms with van der Waals surface area (Å²) in [5, 5.41) is 26.2. The zero-order chi connectivity index (χ0) is 54.2. The highest BCUT2D eigenvalue weighted by Gasteiger charge is 2.50. The highest BCUT2D eigenvalue weighted by molar-refractivity contribution is 7.90. The van der Waals surface area contributed by atoms with Gasteiger partial charge in [-0.15, -0.1) is 0 Å². The average molecular weight is 1080 g/mol. The van der Waals surface area contributed by atoms with Gasteiger partial charge in [-0.2, -0.15) is 4.98 Å². The molecule has 4 aliphatic rings. The summed E-state index contributed by atoms with van der Waals surface area (Å²) in [7, 11) is -0.231. The molecule has 20 heteroatoms. The lowest BCUT2D eigenvalue weighted by atomic mass is 9.59. The molecule has 2 aromatic carbocycles. The number of H-pyrrole nitrogens is 1. The quantitative estimate of drug-likeness (QED) is 0.0550. The van der Waals surface area contributed by atoms with Crippen LogP contribution in [0.15, 0.2) is 90.2 Å². The van der Waals surface area contributed by atoms with Crippen molar-refractivity contribution in [2.75, 3.05) is 70.8 Å². The molecule has 2 saturated heterocycles. The largest absolute Gasteiger partial charge is 0.629 e. The summed E-state index contributed by atoms with van der Waals surface area (Å²) in [6, 6.07) is 21.3. The van der Waals surface area contributed by atoms with Gasteiger partial charge in [0.25, 0.3) is 21.8 Å². The zero-order valence-corrected chi connectivity index (χ0v) is 45.6. The number of methoxy groups -OCH3 is 2. The van der Waals surface area contributed by atoms with E-state index in [-0.39, 0.29) is 67.8 Å². The zero-order valence-electron chi connectivity index (χ0n) is 44.8. The van der Waals surface area contributed by atoms with Gasteiger partial charge in [0.05, 0.1) is 44.0 Å². The molecular weight excluding hydrogens is 1000 g/mol. The monoisotopic (exact) mass is 1070 g/mol. The Morgan fingerprint density at radius 3 is 2.47 bits per heavy atom. The maximum atomic E-state index is 14.9. The number of hydrogen-bond acceptors (Lipinski definition) is 15. The number of ether oxygens (including phenoxy) is 3. The number of aromatic amines is 1. The van der Waals surface area contributed by atoms with E-state index >= 15 is 0 Å². The lowest BCUT2D eigenvalue weighted by Crippen LogP contribution is -2.98. The second-order valence-corrected chi connectivity index (χ2v) is 23.9. The lowest BCUT2D eigenvalue weighted by molar-refractivity contribution is -0.751. The molecule has 1 spiro atoms. The molecule has 2 aliphatic carbocycles. The average Bonchev–Trinajstić information content (AvgIpc) is 3.82. The van der Waals surface area contributed by atoms with Crippen LogP contribution in [0.4, 0.5) is 21.6 Å². The molecule has 2 aliphatic heterocycles. The molecule has 1 unspecified atom stereocenters. The second-order valence-electron chi connectivity index (χ2n) is 22.2. The van der Waals surface area contributed by atoms with Crippen molar-refractivity contribution in [3.63, 3.8) is 0 Å². The first-order valence-corrected chi connectivity index (χ1v) is 28.3. The number of nitrogens with one attached hydrogen (secondary N) is 4. The highest BCUT2D eigenvalue weighted by atomic mass is 32.2. The van der Waals surface area contributed by atoms with Crippen molar-refractivity contribution in [2.24, 2.45) is 11.3 Å². The highest BCUT2D eigenvalue weighted by Crippen LogP contribution is 2.53. The van der Waals surface area contributed by atoms with Crippen molar-refractivity contribution in [2.45, 2.75) is 107 Å². The number of sulfonamides is 1. The molecule has 0 radical (unpaired) electrons. The van der Waals surface area contributed by atoms with Crippen LogP contribution >= 0.6 is 0 Å². The molecule has 4 fully saturated rings. The van der Waals surface area contributed by atoms with Crippen molar-refractivity contribution < 1.29 is 42.0 Å². The van der Waals surface area contributed by atoms with Gasteiger partial charge in [-0.05, 0) is 110 Å². The molecule has 410 valence electrons. The van der Waals surface area contributed by atoms with Gasteiger partial charge in [-0.25, -0.2) is 27.5 Å². The van der Waals surface area contributed by atoms with Crippen LogP contribution in [0.2, 0.25) is 0 Å². The number of anilines is 2. The maximum absolute atomic E-state index is 14.9. The fourth-order valence-electron chi connectivity index (χ4n) is 12.1. The molecule has 1 amide bonds. The van der Waals surface area contributed by atoms with E-state index in [1.54, 1.807) is 19.2 Å². The minimum atomic E-state index is -4.59. The third kappa shape index (κ3) is 11.7. The van der Waals surface area contributed by atoms with Gasteiger partial charge >= 0.3 is 0 Å². The number of nitrogens with zero attached hydrogens (tertiary/aromatic N) is 6. The minimum Gasteiger partial charge on any atom is -0.629 e. The van der Waals surface area contributed by atoms with E-state index in [0.29, 0.717) is 37.2 Å². The van der Waals surface area contributed by atoms with Crippen LogP contribution in [-0.4, -0.2) is 121 Å². The van der Waals surface area contributed by atoms with Crippen LogP contribution in [0.25, 0.3) is 11.0 Å². The first-order valence-electron chi connectivity index (χ1n) is 26.8. The summed E-state index contributed by atoms with van der Waals surface area (Å²) in [5.41, 5.74) is 4.38. The summed E-state index contributed by atoms with van der Waals surface area (Å²) in [6.07, 6.45) is 11.1. The van der Waals surface area contributed by atoms with E-state index < -0.39 is 32.4 Å². The Kier molecular flexibility index (Phi) is 15.5. The van der Waals surface area contributed by atoms with Crippen molar-refractivity contribution in [1.29, 1.82) is 0 Å².